The van der Waals surface area contributed by atoms with Gasteiger partial charge >= 0.3 is 0 Å². The lowest BCUT2D eigenvalue weighted by Crippen LogP contribution is -2.48. The van der Waals surface area contributed by atoms with Crippen molar-refractivity contribution in [2.75, 3.05) is 6.61 Å². The second-order valence-electron chi connectivity index (χ2n) is 8.55. The van der Waals surface area contributed by atoms with Gasteiger partial charge in [-0.15, -0.1) is 0 Å². The highest BCUT2D eigenvalue weighted by Gasteiger charge is 2.52. The Hall–Kier alpha value is -0.560. The van der Waals surface area contributed by atoms with Crippen molar-refractivity contribution >= 4 is 0 Å². The summed E-state index contributed by atoms with van der Waals surface area (Å²) in [6.07, 6.45) is 11.4. The number of fused-ring (bicyclic) bond motifs is 2. The predicted molar refractivity (Wildman–Crippen MR) is 89.1 cm³/mol. The van der Waals surface area contributed by atoms with Crippen molar-refractivity contribution < 1.29 is 5.11 Å². The molecule has 1 N–H and O–H groups in total. The van der Waals surface area contributed by atoms with Gasteiger partial charge in [-0.25, -0.2) is 0 Å². The molecule has 0 aromatic rings. The highest BCUT2D eigenvalue weighted by Crippen LogP contribution is 2.61. The monoisotopic (exact) mass is 288 g/mol. The number of hydrogen-bond acceptors (Lipinski definition) is 1. The van der Waals surface area contributed by atoms with Gasteiger partial charge in [-0.05, 0) is 66.8 Å². The first kappa shape index (κ1) is 15.3. The topological polar surface area (TPSA) is 20.2 Å². The Morgan fingerprint density at radius 1 is 1.19 bits per heavy atom. The van der Waals surface area contributed by atoms with Crippen LogP contribution in [0.1, 0.15) is 72.6 Å². The van der Waals surface area contributed by atoms with E-state index in [0.717, 1.165) is 0 Å². The molecule has 21 heavy (non-hydrogen) atoms. The molecular weight excluding hydrogens is 256 g/mol. The Morgan fingerprint density at radius 3 is 2.62 bits per heavy atom. The summed E-state index contributed by atoms with van der Waals surface area (Å²) in [6.45, 7) is 9.86. The van der Waals surface area contributed by atoms with E-state index in [2.05, 4.69) is 33.8 Å². The number of allylic oxidation sites excluding steroid dienone is 4. The van der Waals surface area contributed by atoms with E-state index >= 15 is 0 Å². The van der Waals surface area contributed by atoms with Crippen LogP contribution >= 0.6 is 0 Å². The molecule has 0 saturated heterocycles. The molecule has 0 radical (unpaired) electrons. The Bertz CT molecular complexity index is 484. The predicted octanol–water partition coefficient (Wildman–Crippen LogP) is 5.26. The highest BCUT2D eigenvalue weighted by atomic mass is 16.3. The summed E-state index contributed by atoms with van der Waals surface area (Å²) in [5.41, 5.74) is 5.56. The molecule has 0 aliphatic heterocycles. The van der Waals surface area contributed by atoms with Crippen LogP contribution in [0.25, 0.3) is 0 Å². The smallest absolute Gasteiger partial charge is 0.0487 e. The van der Waals surface area contributed by atoms with Crippen LogP contribution in [0.15, 0.2) is 22.8 Å². The van der Waals surface area contributed by atoms with Crippen molar-refractivity contribution in [2.24, 2.45) is 22.7 Å². The molecule has 0 spiro atoms. The average Bonchev–Trinajstić information content (AvgIpc) is 2.46. The fraction of sp³-hybridized carbons (Fsp3) is 0.800. The van der Waals surface area contributed by atoms with E-state index in [4.69, 9.17) is 0 Å². The van der Waals surface area contributed by atoms with Gasteiger partial charge in [0.2, 0.25) is 0 Å². The normalized spacial score (nSPS) is 39.9. The van der Waals surface area contributed by atoms with E-state index in [1.807, 2.05) is 0 Å². The van der Waals surface area contributed by atoms with Crippen molar-refractivity contribution in [2.45, 2.75) is 72.6 Å². The third kappa shape index (κ3) is 2.32. The fourth-order valence-electron chi connectivity index (χ4n) is 5.64. The van der Waals surface area contributed by atoms with Crippen molar-refractivity contribution in [1.82, 2.24) is 0 Å². The van der Waals surface area contributed by atoms with Gasteiger partial charge in [-0.3, -0.25) is 0 Å². The number of rotatable bonds is 2. The molecule has 1 saturated carbocycles. The first-order valence-electron chi connectivity index (χ1n) is 8.94. The molecule has 3 unspecified atom stereocenters. The Morgan fingerprint density at radius 2 is 1.95 bits per heavy atom. The van der Waals surface area contributed by atoms with E-state index in [0.29, 0.717) is 23.9 Å². The fourth-order valence-corrected chi connectivity index (χ4v) is 5.64. The van der Waals surface area contributed by atoms with Gasteiger partial charge in [0.05, 0.1) is 0 Å². The molecule has 1 heteroatoms. The summed E-state index contributed by atoms with van der Waals surface area (Å²) in [5.74, 6) is 1.37. The molecule has 3 rings (SSSR count). The molecule has 3 aliphatic carbocycles. The van der Waals surface area contributed by atoms with Crippen LogP contribution in [0.5, 0.6) is 0 Å². The molecule has 0 heterocycles. The Kier molecular flexibility index (Phi) is 3.84. The number of aliphatic hydroxyl groups excluding tert-OH is 1. The van der Waals surface area contributed by atoms with Crippen LogP contribution in [0.2, 0.25) is 0 Å². The summed E-state index contributed by atoms with van der Waals surface area (Å²) in [4.78, 5) is 0. The zero-order chi connectivity index (χ0) is 15.3. The van der Waals surface area contributed by atoms with Crippen LogP contribution < -0.4 is 0 Å². The van der Waals surface area contributed by atoms with Crippen molar-refractivity contribution in [3.63, 3.8) is 0 Å². The van der Waals surface area contributed by atoms with Crippen molar-refractivity contribution in [1.29, 1.82) is 0 Å². The van der Waals surface area contributed by atoms with Crippen LogP contribution in [-0.2, 0) is 0 Å². The molecule has 0 amide bonds. The van der Waals surface area contributed by atoms with Crippen molar-refractivity contribution in [3.8, 4) is 0 Å². The minimum atomic E-state index is 0.146. The molecule has 0 bridgehead atoms. The van der Waals surface area contributed by atoms with E-state index in [-0.39, 0.29) is 5.41 Å². The maximum atomic E-state index is 9.99. The van der Waals surface area contributed by atoms with E-state index in [1.54, 1.807) is 16.7 Å². The van der Waals surface area contributed by atoms with E-state index in [1.165, 1.54) is 44.9 Å². The number of aliphatic hydroxyl groups is 1. The second-order valence-corrected chi connectivity index (χ2v) is 8.55. The van der Waals surface area contributed by atoms with Gasteiger partial charge in [0.1, 0.15) is 0 Å². The Balaban J connectivity index is 2.00. The second kappa shape index (κ2) is 5.26. The third-order valence-corrected chi connectivity index (χ3v) is 6.96. The standard InChI is InChI=1S/C20H32O/c1-14(2)15-6-8-17-16(12-15)7-9-18-19(3,13-21)10-5-11-20(17,18)4/h12,14,18,21H,5-11,13H2,1-4H3. The summed E-state index contributed by atoms with van der Waals surface area (Å²) in [5, 5.41) is 9.99. The molecular formula is C20H32O. The van der Waals surface area contributed by atoms with Gasteiger partial charge in [-0.1, -0.05) is 51.3 Å². The van der Waals surface area contributed by atoms with E-state index < -0.39 is 0 Å². The SMILES string of the molecule is CC(C)C1=CC2=C(CC1)C1(C)CCCC(C)(CO)C1CC2. The largest absolute Gasteiger partial charge is 0.396 e. The van der Waals surface area contributed by atoms with Gasteiger partial charge in [0, 0.05) is 6.61 Å². The van der Waals surface area contributed by atoms with Crippen molar-refractivity contribution in [3.05, 3.63) is 22.8 Å². The first-order valence-corrected chi connectivity index (χ1v) is 8.94. The summed E-state index contributed by atoms with van der Waals surface area (Å²) in [7, 11) is 0. The molecule has 0 aromatic carbocycles. The molecule has 1 fully saturated rings. The Labute approximate surface area is 130 Å². The quantitative estimate of drug-likeness (QED) is 0.735. The first-order chi connectivity index (χ1) is 9.90. The average molecular weight is 288 g/mol. The zero-order valence-electron chi connectivity index (χ0n) is 14.3. The van der Waals surface area contributed by atoms with Gasteiger partial charge in [0.25, 0.3) is 0 Å². The van der Waals surface area contributed by atoms with Gasteiger partial charge < -0.3 is 5.11 Å². The summed E-state index contributed by atoms with van der Waals surface area (Å²) >= 11 is 0. The maximum Gasteiger partial charge on any atom is 0.0487 e. The zero-order valence-corrected chi connectivity index (χ0v) is 14.3. The molecule has 3 aliphatic rings. The van der Waals surface area contributed by atoms with Crippen LogP contribution in [-0.4, -0.2) is 11.7 Å². The summed E-state index contributed by atoms with van der Waals surface area (Å²) in [6, 6.07) is 0. The minimum absolute atomic E-state index is 0.146. The lowest BCUT2D eigenvalue weighted by Gasteiger charge is -2.56. The number of hydrogen-bond donors (Lipinski definition) is 1. The molecule has 0 aromatic heterocycles. The highest BCUT2D eigenvalue weighted by molar-refractivity contribution is 5.40. The van der Waals surface area contributed by atoms with Gasteiger partial charge in [0.15, 0.2) is 0 Å². The lowest BCUT2D eigenvalue weighted by atomic mass is 9.49. The lowest BCUT2D eigenvalue weighted by molar-refractivity contribution is -0.0387. The van der Waals surface area contributed by atoms with Gasteiger partial charge in [-0.2, -0.15) is 0 Å². The van der Waals surface area contributed by atoms with Crippen LogP contribution in [0.3, 0.4) is 0 Å². The van der Waals surface area contributed by atoms with Crippen LogP contribution in [0, 0.1) is 22.7 Å². The van der Waals surface area contributed by atoms with E-state index in [9.17, 15) is 5.11 Å². The minimum Gasteiger partial charge on any atom is -0.396 e. The van der Waals surface area contributed by atoms with Crippen LogP contribution in [0.4, 0.5) is 0 Å². The molecule has 3 atom stereocenters. The maximum absolute atomic E-state index is 9.99. The molecule has 1 nitrogen and oxygen atoms in total. The summed E-state index contributed by atoms with van der Waals surface area (Å²) < 4.78 is 0. The third-order valence-electron chi connectivity index (χ3n) is 6.96. The molecule has 118 valence electrons.